The second-order valence-corrected chi connectivity index (χ2v) is 7.92. The maximum atomic E-state index is 14.2. The predicted octanol–water partition coefficient (Wildman–Crippen LogP) is 3.94. The first-order valence-corrected chi connectivity index (χ1v) is 7.46. The molecule has 1 aromatic carbocycles. The Morgan fingerprint density at radius 1 is 1.30 bits per heavy atom. The lowest BCUT2D eigenvalue weighted by Crippen LogP contribution is -2.45. The number of benzene rings is 1. The van der Waals surface area contributed by atoms with E-state index in [2.05, 4.69) is 9.24 Å². The van der Waals surface area contributed by atoms with Gasteiger partial charge in [-0.25, -0.2) is 8.78 Å². The summed E-state index contributed by atoms with van der Waals surface area (Å²) in [5, 5.41) is -0.0709. The molecule has 0 N–H and O–H groups in total. The van der Waals surface area contributed by atoms with Crippen LogP contribution in [0.4, 0.5) is 8.78 Å². The van der Waals surface area contributed by atoms with Gasteiger partial charge in [0.05, 0.1) is 5.60 Å². The van der Waals surface area contributed by atoms with E-state index in [1.54, 1.807) is 0 Å². The van der Waals surface area contributed by atoms with Crippen molar-refractivity contribution in [1.29, 1.82) is 0 Å². The van der Waals surface area contributed by atoms with Gasteiger partial charge in [0.1, 0.15) is 12.0 Å². The minimum atomic E-state index is -1.45. The molecule has 2 atom stereocenters. The zero-order chi connectivity index (χ0) is 15.7. The molecule has 0 aromatic heterocycles. The minimum Gasteiger partial charge on any atom is -0.429 e. The van der Waals surface area contributed by atoms with Gasteiger partial charge in [0, 0.05) is 15.7 Å². The van der Waals surface area contributed by atoms with Crippen molar-refractivity contribution in [1.82, 2.24) is 0 Å². The lowest BCUT2D eigenvalue weighted by atomic mass is 9.82. The highest BCUT2D eigenvalue weighted by Gasteiger charge is 2.34. The molecule has 1 aromatic rings. The summed E-state index contributed by atoms with van der Waals surface area (Å²) in [6.07, 6.45) is -1.45. The van der Waals surface area contributed by atoms with Gasteiger partial charge < -0.3 is 4.65 Å². The molecule has 1 rings (SSSR count). The molecule has 0 spiro atoms. The van der Waals surface area contributed by atoms with Crippen molar-refractivity contribution in [2.24, 2.45) is 0 Å². The number of alkyl halides is 1. The smallest absolute Gasteiger partial charge is 0.312 e. The van der Waals surface area contributed by atoms with Crippen molar-refractivity contribution in [3.63, 3.8) is 0 Å². The third kappa shape index (κ3) is 3.93. The van der Waals surface area contributed by atoms with E-state index in [0.717, 1.165) is 0 Å². The van der Waals surface area contributed by atoms with Gasteiger partial charge in [-0.3, -0.25) is 0 Å². The lowest BCUT2D eigenvalue weighted by molar-refractivity contribution is 0.0839. The Morgan fingerprint density at radius 3 is 2.30 bits per heavy atom. The van der Waals surface area contributed by atoms with Gasteiger partial charge in [0.2, 0.25) is 0 Å². The summed E-state index contributed by atoms with van der Waals surface area (Å²) in [6, 6.07) is 3.04. The van der Waals surface area contributed by atoms with E-state index in [-0.39, 0.29) is 23.2 Å². The van der Waals surface area contributed by atoms with Gasteiger partial charge in [-0.05, 0) is 32.3 Å². The summed E-state index contributed by atoms with van der Waals surface area (Å²) in [6.45, 7) is 9.18. The van der Waals surface area contributed by atoms with Crippen molar-refractivity contribution in [2.75, 3.05) is 0 Å². The zero-order valence-corrected chi connectivity index (χ0v) is 14.5. The summed E-state index contributed by atoms with van der Waals surface area (Å²) in [7, 11) is 2.79. The molecule has 0 saturated heterocycles. The Kier molecular flexibility index (Phi) is 5.63. The van der Waals surface area contributed by atoms with Crippen molar-refractivity contribution >= 4 is 33.8 Å². The van der Waals surface area contributed by atoms with E-state index in [1.807, 2.05) is 27.7 Å². The molecule has 112 valence electrons. The van der Waals surface area contributed by atoms with Crippen LogP contribution in [0.15, 0.2) is 12.1 Å². The van der Waals surface area contributed by atoms with Crippen LogP contribution >= 0.6 is 20.8 Å². The standard InChI is InChI=1S/C14H21BClF2OP/c1-8(17)11-10(16)7-6-9(12(11)18)15-19-13(2,3)14(4,5)20/h6-8,15H,20H2,1-5H3. The van der Waals surface area contributed by atoms with Gasteiger partial charge in [-0.2, -0.15) is 0 Å². The SMILES string of the molecule is CC(F)c1c(Cl)ccc(BOC(C)(C)C(C)(C)P)c1F. The summed E-state index contributed by atoms with van der Waals surface area (Å²) in [5.74, 6) is -0.620. The molecule has 0 fully saturated rings. The third-order valence-corrected chi connectivity index (χ3v) is 4.77. The molecule has 2 unspecified atom stereocenters. The van der Waals surface area contributed by atoms with E-state index in [4.69, 9.17) is 16.3 Å². The van der Waals surface area contributed by atoms with Crippen LogP contribution in [0.2, 0.25) is 5.02 Å². The van der Waals surface area contributed by atoms with Crippen LogP contribution in [-0.4, -0.2) is 18.2 Å². The van der Waals surface area contributed by atoms with Gasteiger partial charge in [-0.15, -0.1) is 9.24 Å². The molecular formula is C14H21BClF2OP. The lowest BCUT2D eigenvalue weighted by Gasteiger charge is -2.39. The van der Waals surface area contributed by atoms with E-state index < -0.39 is 17.6 Å². The Balaban J connectivity index is 2.98. The van der Waals surface area contributed by atoms with Gasteiger partial charge in [-0.1, -0.05) is 31.5 Å². The normalized spacial score (nSPS) is 14.2. The molecular weight excluding hydrogens is 299 g/mol. The monoisotopic (exact) mass is 320 g/mol. The number of hydrogen-bond donors (Lipinski definition) is 0. The molecule has 0 heterocycles. The first-order chi connectivity index (χ1) is 8.97. The quantitative estimate of drug-likeness (QED) is 0.590. The van der Waals surface area contributed by atoms with Crippen LogP contribution in [0.5, 0.6) is 0 Å². The first-order valence-electron chi connectivity index (χ1n) is 6.51. The molecule has 1 nitrogen and oxygen atoms in total. The van der Waals surface area contributed by atoms with Crippen LogP contribution in [0, 0.1) is 5.82 Å². The highest BCUT2D eigenvalue weighted by atomic mass is 35.5. The zero-order valence-electron chi connectivity index (χ0n) is 12.6. The average molecular weight is 321 g/mol. The molecule has 20 heavy (non-hydrogen) atoms. The predicted molar refractivity (Wildman–Crippen MR) is 86.7 cm³/mol. The Hall–Kier alpha value is -0.175. The summed E-state index contributed by atoms with van der Waals surface area (Å²) >= 11 is 5.83. The summed E-state index contributed by atoms with van der Waals surface area (Å²) < 4.78 is 33.5. The summed E-state index contributed by atoms with van der Waals surface area (Å²) in [5.41, 5.74) is -0.252. The Bertz CT molecular complexity index is 487. The molecule has 0 aliphatic heterocycles. The van der Waals surface area contributed by atoms with Crippen LogP contribution in [0.1, 0.15) is 46.4 Å². The second-order valence-electron chi connectivity index (χ2n) is 6.07. The van der Waals surface area contributed by atoms with Crippen molar-refractivity contribution in [3.05, 3.63) is 28.5 Å². The van der Waals surface area contributed by atoms with Crippen LogP contribution in [-0.2, 0) is 4.65 Å². The minimum absolute atomic E-state index is 0.0769. The molecule has 0 saturated carbocycles. The highest BCUT2D eigenvalue weighted by molar-refractivity contribution is 7.19. The molecule has 0 radical (unpaired) electrons. The number of halogens is 3. The van der Waals surface area contributed by atoms with E-state index >= 15 is 0 Å². The Morgan fingerprint density at radius 2 is 1.85 bits per heavy atom. The average Bonchev–Trinajstić information content (AvgIpc) is 2.25. The fourth-order valence-corrected chi connectivity index (χ4v) is 1.91. The molecule has 0 bridgehead atoms. The van der Waals surface area contributed by atoms with Crippen LogP contribution < -0.4 is 5.46 Å². The maximum absolute atomic E-state index is 14.2. The van der Waals surface area contributed by atoms with Crippen molar-refractivity contribution in [2.45, 2.75) is 51.5 Å². The largest absolute Gasteiger partial charge is 0.429 e. The highest BCUT2D eigenvalue weighted by Crippen LogP contribution is 2.33. The topological polar surface area (TPSA) is 9.23 Å². The van der Waals surface area contributed by atoms with Crippen molar-refractivity contribution in [3.8, 4) is 0 Å². The fraction of sp³-hybridized carbons (Fsp3) is 0.571. The van der Waals surface area contributed by atoms with Crippen LogP contribution in [0.25, 0.3) is 0 Å². The number of hydrogen-bond acceptors (Lipinski definition) is 1. The Labute approximate surface area is 127 Å². The molecule has 0 aliphatic carbocycles. The van der Waals surface area contributed by atoms with Gasteiger partial charge in [0.15, 0.2) is 0 Å². The van der Waals surface area contributed by atoms with Crippen LogP contribution in [0.3, 0.4) is 0 Å². The van der Waals surface area contributed by atoms with E-state index in [1.165, 1.54) is 19.1 Å². The fourth-order valence-electron chi connectivity index (χ4n) is 1.53. The van der Waals surface area contributed by atoms with Gasteiger partial charge >= 0.3 is 7.48 Å². The number of rotatable bonds is 5. The maximum Gasteiger partial charge on any atom is 0.312 e. The first kappa shape index (κ1) is 17.9. The molecule has 0 amide bonds. The van der Waals surface area contributed by atoms with E-state index in [9.17, 15) is 8.78 Å². The summed E-state index contributed by atoms with van der Waals surface area (Å²) in [4.78, 5) is 0. The molecule has 6 heteroatoms. The van der Waals surface area contributed by atoms with Crippen molar-refractivity contribution < 1.29 is 13.4 Å². The molecule has 0 aliphatic rings. The van der Waals surface area contributed by atoms with Gasteiger partial charge in [0.25, 0.3) is 0 Å². The van der Waals surface area contributed by atoms with E-state index in [0.29, 0.717) is 5.46 Å². The third-order valence-electron chi connectivity index (χ3n) is 3.74. The second kappa shape index (κ2) is 6.29.